The van der Waals surface area contributed by atoms with Crippen LogP contribution in [0.4, 0.5) is 18.0 Å². The Hall–Kier alpha value is -2.03. The van der Waals surface area contributed by atoms with Gasteiger partial charge in [0.15, 0.2) is 0 Å². The molecule has 162 valence electrons. The van der Waals surface area contributed by atoms with Gasteiger partial charge in [-0.05, 0) is 69.8 Å². The second-order valence-electron chi connectivity index (χ2n) is 8.20. The fourth-order valence-electron chi connectivity index (χ4n) is 3.56. The standard InChI is InChI=1S/C20H29F3N4O2/c1-27-10-3-15(4-11-27)14-29-17-12-16(2-8-24-17)13-26-18(28)25-9-7-19(5-6-19)20(21,22)23/h2,8,12,15H,3-7,9-11,13-14H2,1H3,(H2,25,26,28). The molecule has 0 bridgehead atoms. The van der Waals surface area contributed by atoms with E-state index in [1.54, 1.807) is 18.3 Å². The van der Waals surface area contributed by atoms with E-state index in [0.29, 0.717) is 18.4 Å². The van der Waals surface area contributed by atoms with E-state index in [4.69, 9.17) is 4.74 Å². The van der Waals surface area contributed by atoms with Crippen molar-refractivity contribution in [3.63, 3.8) is 0 Å². The van der Waals surface area contributed by atoms with E-state index >= 15 is 0 Å². The minimum atomic E-state index is -4.19. The van der Waals surface area contributed by atoms with Crippen molar-refractivity contribution < 1.29 is 22.7 Å². The van der Waals surface area contributed by atoms with Gasteiger partial charge in [-0.25, -0.2) is 9.78 Å². The highest BCUT2D eigenvalue weighted by atomic mass is 19.4. The van der Waals surface area contributed by atoms with Gasteiger partial charge in [-0.3, -0.25) is 0 Å². The van der Waals surface area contributed by atoms with E-state index in [1.165, 1.54) is 0 Å². The van der Waals surface area contributed by atoms with Crippen LogP contribution in [-0.4, -0.2) is 55.4 Å². The predicted octanol–water partition coefficient (Wildman–Crippen LogP) is 3.33. The Bertz CT molecular complexity index is 687. The number of carbonyl (C=O) groups is 1. The highest BCUT2D eigenvalue weighted by molar-refractivity contribution is 5.73. The number of pyridine rings is 1. The number of nitrogens with one attached hydrogen (secondary N) is 2. The van der Waals surface area contributed by atoms with Crippen molar-refractivity contribution in [3.8, 4) is 5.88 Å². The smallest absolute Gasteiger partial charge is 0.394 e. The van der Waals surface area contributed by atoms with Crippen molar-refractivity contribution in [2.45, 2.75) is 44.8 Å². The van der Waals surface area contributed by atoms with E-state index in [2.05, 4.69) is 27.6 Å². The van der Waals surface area contributed by atoms with Gasteiger partial charge in [0.1, 0.15) is 0 Å². The number of halogens is 3. The summed E-state index contributed by atoms with van der Waals surface area (Å²) in [7, 11) is 2.12. The predicted molar refractivity (Wildman–Crippen MR) is 103 cm³/mol. The van der Waals surface area contributed by atoms with Gasteiger partial charge in [0.2, 0.25) is 5.88 Å². The number of rotatable bonds is 8. The third-order valence-electron chi connectivity index (χ3n) is 5.90. The van der Waals surface area contributed by atoms with E-state index in [9.17, 15) is 18.0 Å². The van der Waals surface area contributed by atoms with E-state index in [0.717, 1.165) is 31.5 Å². The second kappa shape index (κ2) is 9.19. The Labute approximate surface area is 169 Å². The topological polar surface area (TPSA) is 66.5 Å². The Morgan fingerprint density at radius 2 is 2.03 bits per heavy atom. The molecule has 0 unspecified atom stereocenters. The molecule has 9 heteroatoms. The number of hydrogen-bond donors (Lipinski definition) is 2. The zero-order valence-electron chi connectivity index (χ0n) is 16.7. The Morgan fingerprint density at radius 3 is 2.69 bits per heavy atom. The van der Waals surface area contributed by atoms with Crippen molar-refractivity contribution in [1.82, 2.24) is 20.5 Å². The summed E-state index contributed by atoms with van der Waals surface area (Å²) in [5, 5.41) is 5.17. The van der Waals surface area contributed by atoms with Gasteiger partial charge < -0.3 is 20.3 Å². The number of amides is 2. The van der Waals surface area contributed by atoms with Crippen LogP contribution in [0, 0.1) is 11.3 Å². The summed E-state index contributed by atoms with van der Waals surface area (Å²) in [6.07, 6.45) is -0.130. The molecule has 1 saturated heterocycles. The van der Waals surface area contributed by atoms with Crippen molar-refractivity contribution in [2.24, 2.45) is 11.3 Å². The molecule has 2 aliphatic rings. The normalized spacial score (nSPS) is 19.6. The molecule has 1 aliphatic carbocycles. The molecule has 1 aromatic rings. The first-order valence-corrected chi connectivity index (χ1v) is 10.1. The minimum Gasteiger partial charge on any atom is -0.477 e. The van der Waals surface area contributed by atoms with Gasteiger partial charge in [0.05, 0.1) is 12.0 Å². The van der Waals surface area contributed by atoms with E-state index < -0.39 is 17.6 Å². The van der Waals surface area contributed by atoms with Gasteiger partial charge in [-0.15, -0.1) is 0 Å². The number of alkyl halides is 3. The maximum absolute atomic E-state index is 12.9. The zero-order chi connectivity index (χ0) is 20.9. The summed E-state index contributed by atoms with van der Waals surface area (Å²) in [6.45, 7) is 3.03. The molecule has 29 heavy (non-hydrogen) atoms. The fourth-order valence-corrected chi connectivity index (χ4v) is 3.56. The summed E-state index contributed by atoms with van der Waals surface area (Å²) in [5.41, 5.74) is -0.770. The van der Waals surface area contributed by atoms with Crippen molar-refractivity contribution in [2.75, 3.05) is 33.3 Å². The number of piperidine rings is 1. The number of hydrogen-bond acceptors (Lipinski definition) is 4. The van der Waals surface area contributed by atoms with Crippen LogP contribution in [0.25, 0.3) is 0 Å². The lowest BCUT2D eigenvalue weighted by Gasteiger charge is -2.28. The van der Waals surface area contributed by atoms with Gasteiger partial charge in [0.25, 0.3) is 0 Å². The van der Waals surface area contributed by atoms with Crippen LogP contribution in [0.1, 0.15) is 37.7 Å². The number of likely N-dealkylation sites (tertiary alicyclic amines) is 1. The summed E-state index contributed by atoms with van der Waals surface area (Å²) < 4.78 is 44.4. The Morgan fingerprint density at radius 1 is 1.31 bits per heavy atom. The van der Waals surface area contributed by atoms with Gasteiger partial charge in [-0.1, -0.05) is 0 Å². The van der Waals surface area contributed by atoms with Crippen LogP contribution >= 0.6 is 0 Å². The van der Waals surface area contributed by atoms with Crippen LogP contribution in [-0.2, 0) is 6.54 Å². The van der Waals surface area contributed by atoms with Gasteiger partial charge in [0, 0.05) is 25.4 Å². The van der Waals surface area contributed by atoms with Gasteiger partial charge >= 0.3 is 12.2 Å². The SMILES string of the molecule is CN1CCC(COc2cc(CNC(=O)NCCC3(C(F)(F)F)CC3)ccn2)CC1. The average molecular weight is 414 g/mol. The summed E-state index contributed by atoms with van der Waals surface area (Å²) in [4.78, 5) is 18.4. The average Bonchev–Trinajstić information content (AvgIpc) is 3.47. The highest BCUT2D eigenvalue weighted by Gasteiger charge is 2.62. The molecule has 0 spiro atoms. The first-order valence-electron chi connectivity index (χ1n) is 10.1. The second-order valence-corrected chi connectivity index (χ2v) is 8.20. The molecular formula is C20H29F3N4O2. The number of nitrogens with zero attached hydrogens (tertiary/aromatic N) is 2. The first kappa shape index (κ1) is 21.7. The molecule has 1 aliphatic heterocycles. The Kier molecular flexibility index (Phi) is 6.87. The Balaban J connectivity index is 1.36. The van der Waals surface area contributed by atoms with Crippen LogP contribution in [0.3, 0.4) is 0 Å². The first-order chi connectivity index (χ1) is 13.8. The maximum Gasteiger partial charge on any atom is 0.394 e. The largest absolute Gasteiger partial charge is 0.477 e. The molecule has 3 rings (SSSR count). The lowest BCUT2D eigenvalue weighted by Crippen LogP contribution is -2.37. The third kappa shape index (κ3) is 6.22. The van der Waals surface area contributed by atoms with Crippen molar-refractivity contribution in [3.05, 3.63) is 23.9 Å². The number of ether oxygens (including phenoxy) is 1. The monoisotopic (exact) mass is 414 g/mol. The lowest BCUT2D eigenvalue weighted by molar-refractivity contribution is -0.188. The van der Waals surface area contributed by atoms with Crippen LogP contribution in [0.2, 0.25) is 0 Å². The summed E-state index contributed by atoms with van der Waals surface area (Å²) in [5.74, 6) is 1.04. The van der Waals surface area contributed by atoms with Gasteiger partial charge in [-0.2, -0.15) is 13.2 Å². The van der Waals surface area contributed by atoms with Crippen LogP contribution in [0.15, 0.2) is 18.3 Å². The molecule has 2 N–H and O–H groups in total. The molecule has 2 heterocycles. The number of urea groups is 1. The molecule has 6 nitrogen and oxygen atoms in total. The molecule has 1 saturated carbocycles. The molecule has 0 atom stereocenters. The quantitative estimate of drug-likeness (QED) is 0.685. The highest BCUT2D eigenvalue weighted by Crippen LogP contribution is 2.59. The number of carbonyl (C=O) groups excluding carboxylic acids is 1. The molecule has 2 amide bonds. The molecular weight excluding hydrogens is 385 g/mol. The van der Waals surface area contributed by atoms with E-state index in [-0.39, 0.29) is 32.4 Å². The molecule has 1 aromatic heterocycles. The van der Waals surface area contributed by atoms with Crippen LogP contribution in [0.5, 0.6) is 5.88 Å². The van der Waals surface area contributed by atoms with Crippen LogP contribution < -0.4 is 15.4 Å². The number of aromatic nitrogens is 1. The minimum absolute atomic E-state index is 0.00657. The lowest BCUT2D eigenvalue weighted by atomic mass is 9.98. The molecule has 0 aromatic carbocycles. The zero-order valence-corrected chi connectivity index (χ0v) is 16.7. The third-order valence-corrected chi connectivity index (χ3v) is 5.90. The fraction of sp³-hybridized carbons (Fsp3) is 0.700. The summed E-state index contributed by atoms with van der Waals surface area (Å²) >= 11 is 0. The van der Waals surface area contributed by atoms with E-state index in [1.807, 2.05) is 0 Å². The molecule has 0 radical (unpaired) electrons. The molecule has 2 fully saturated rings. The maximum atomic E-state index is 12.9. The summed E-state index contributed by atoms with van der Waals surface area (Å²) in [6, 6.07) is 3.07. The van der Waals surface area contributed by atoms with Crippen molar-refractivity contribution in [1.29, 1.82) is 0 Å². The van der Waals surface area contributed by atoms with Crippen molar-refractivity contribution >= 4 is 6.03 Å².